The molecule has 0 spiro atoms. The lowest BCUT2D eigenvalue weighted by Crippen LogP contribution is -2.39. The molecular formula is C25H33N3O2. The molecule has 30 heavy (non-hydrogen) atoms. The average Bonchev–Trinajstić information content (AvgIpc) is 2.70. The van der Waals surface area contributed by atoms with Crippen LogP contribution >= 0.6 is 0 Å². The normalized spacial score (nSPS) is 14.2. The van der Waals surface area contributed by atoms with Gasteiger partial charge in [0.05, 0.1) is 19.1 Å². The Morgan fingerprint density at radius 1 is 0.967 bits per heavy atom. The summed E-state index contributed by atoms with van der Waals surface area (Å²) in [5.41, 5.74) is 6.91. The molecule has 1 aliphatic rings. The summed E-state index contributed by atoms with van der Waals surface area (Å²) in [6, 6.07) is 12.4. The van der Waals surface area contributed by atoms with Crippen LogP contribution in [0, 0.1) is 13.8 Å². The number of amides is 2. The van der Waals surface area contributed by atoms with Crippen LogP contribution in [0.3, 0.4) is 0 Å². The molecule has 0 aromatic heterocycles. The minimum Gasteiger partial charge on any atom is -0.348 e. The van der Waals surface area contributed by atoms with Crippen LogP contribution in [0.1, 0.15) is 53.6 Å². The Bertz CT molecular complexity index is 902. The van der Waals surface area contributed by atoms with E-state index in [0.717, 1.165) is 35.2 Å². The molecule has 0 radical (unpaired) electrons. The zero-order chi connectivity index (χ0) is 21.7. The third kappa shape index (κ3) is 5.70. The maximum absolute atomic E-state index is 12.5. The number of hydrogen-bond acceptors (Lipinski definition) is 3. The van der Waals surface area contributed by atoms with Gasteiger partial charge in [0.1, 0.15) is 0 Å². The Morgan fingerprint density at radius 2 is 1.60 bits per heavy atom. The monoisotopic (exact) mass is 407 g/mol. The zero-order valence-corrected chi connectivity index (χ0v) is 18.5. The van der Waals surface area contributed by atoms with Crippen molar-refractivity contribution in [1.82, 2.24) is 10.2 Å². The molecule has 2 aromatic rings. The molecule has 5 heteroatoms. The summed E-state index contributed by atoms with van der Waals surface area (Å²) in [7, 11) is 1.79. The summed E-state index contributed by atoms with van der Waals surface area (Å²) in [6.45, 7) is 6.30. The fourth-order valence-electron chi connectivity index (χ4n) is 4.13. The molecule has 0 fully saturated rings. The summed E-state index contributed by atoms with van der Waals surface area (Å²) in [5, 5.41) is 6.03. The Labute approximate surface area is 179 Å². The average molecular weight is 408 g/mol. The molecule has 0 saturated carbocycles. The molecule has 2 N–H and O–H groups in total. The lowest BCUT2D eigenvalue weighted by atomic mass is 9.89. The molecule has 5 nitrogen and oxygen atoms in total. The second-order valence-electron chi connectivity index (χ2n) is 8.51. The molecule has 2 aromatic carbocycles. The number of carbonyl (C=O) groups excluding carboxylic acids is 2. The zero-order valence-electron chi connectivity index (χ0n) is 18.5. The molecule has 0 saturated heterocycles. The van der Waals surface area contributed by atoms with E-state index in [2.05, 4.69) is 28.8 Å². The SMILES string of the molecule is Cc1cccc(C)c1NC(=O)CN(C)CC(=O)NC(C)c1ccc2c(c1)CCCC2. The van der Waals surface area contributed by atoms with Crippen LogP contribution in [0.15, 0.2) is 36.4 Å². The third-order valence-corrected chi connectivity index (χ3v) is 5.82. The first-order valence-corrected chi connectivity index (χ1v) is 10.8. The van der Waals surface area contributed by atoms with Crippen molar-refractivity contribution in [3.05, 3.63) is 64.2 Å². The summed E-state index contributed by atoms with van der Waals surface area (Å²) in [6.07, 6.45) is 4.79. The number of benzene rings is 2. The molecule has 2 amide bonds. The van der Waals surface area contributed by atoms with Crippen molar-refractivity contribution in [2.24, 2.45) is 0 Å². The maximum atomic E-state index is 12.5. The van der Waals surface area contributed by atoms with E-state index < -0.39 is 0 Å². The van der Waals surface area contributed by atoms with E-state index in [1.807, 2.05) is 39.0 Å². The molecule has 3 rings (SSSR count). The summed E-state index contributed by atoms with van der Waals surface area (Å²) in [5.74, 6) is -0.201. The Balaban J connectivity index is 1.50. The van der Waals surface area contributed by atoms with Crippen molar-refractivity contribution in [2.75, 3.05) is 25.5 Å². The number of carbonyl (C=O) groups is 2. The van der Waals surface area contributed by atoms with E-state index in [9.17, 15) is 9.59 Å². The standard InChI is InChI=1S/C25H33N3O2/c1-17-8-7-9-18(2)25(17)27-24(30)16-28(4)15-23(29)26-19(3)21-13-12-20-10-5-6-11-22(20)14-21/h7-9,12-14,19H,5-6,10-11,15-16H2,1-4H3,(H,26,29)(H,27,30). The Morgan fingerprint density at radius 3 is 2.30 bits per heavy atom. The highest BCUT2D eigenvalue weighted by Crippen LogP contribution is 2.24. The van der Waals surface area contributed by atoms with Gasteiger partial charge in [-0.3, -0.25) is 14.5 Å². The third-order valence-electron chi connectivity index (χ3n) is 5.82. The van der Waals surface area contributed by atoms with Gasteiger partial charge in [-0.05, 0) is 81.3 Å². The second-order valence-corrected chi connectivity index (χ2v) is 8.51. The van der Waals surface area contributed by atoms with Gasteiger partial charge in [0.2, 0.25) is 11.8 Å². The fourth-order valence-corrected chi connectivity index (χ4v) is 4.13. The number of fused-ring (bicyclic) bond motifs is 1. The number of nitrogens with one attached hydrogen (secondary N) is 2. The number of nitrogens with zero attached hydrogens (tertiary/aromatic N) is 1. The first-order chi connectivity index (χ1) is 14.3. The van der Waals surface area contributed by atoms with Crippen LogP contribution in [-0.4, -0.2) is 36.9 Å². The van der Waals surface area contributed by atoms with Crippen molar-refractivity contribution < 1.29 is 9.59 Å². The fraction of sp³-hybridized carbons (Fsp3) is 0.440. The molecule has 1 aliphatic carbocycles. The van der Waals surface area contributed by atoms with Gasteiger partial charge in [-0.15, -0.1) is 0 Å². The van der Waals surface area contributed by atoms with Crippen LogP contribution in [-0.2, 0) is 22.4 Å². The number of aryl methyl sites for hydroxylation is 4. The van der Waals surface area contributed by atoms with Gasteiger partial charge in [-0.25, -0.2) is 0 Å². The Kier molecular flexibility index (Phi) is 7.27. The van der Waals surface area contributed by atoms with E-state index in [4.69, 9.17) is 0 Å². The maximum Gasteiger partial charge on any atom is 0.238 e. The minimum atomic E-state index is -0.120. The largest absolute Gasteiger partial charge is 0.348 e. The highest BCUT2D eigenvalue weighted by atomic mass is 16.2. The van der Waals surface area contributed by atoms with Gasteiger partial charge in [0.15, 0.2) is 0 Å². The number of anilines is 1. The highest BCUT2D eigenvalue weighted by Gasteiger charge is 2.16. The Hall–Kier alpha value is -2.66. The van der Waals surface area contributed by atoms with Crippen LogP contribution in [0.2, 0.25) is 0 Å². The summed E-state index contributed by atoms with van der Waals surface area (Å²) < 4.78 is 0. The van der Waals surface area contributed by atoms with Gasteiger partial charge < -0.3 is 10.6 Å². The van der Waals surface area contributed by atoms with Crippen LogP contribution in [0.5, 0.6) is 0 Å². The molecule has 160 valence electrons. The number of likely N-dealkylation sites (N-methyl/N-ethyl adjacent to an activating group) is 1. The van der Waals surface area contributed by atoms with Crippen molar-refractivity contribution in [1.29, 1.82) is 0 Å². The summed E-state index contributed by atoms with van der Waals surface area (Å²) >= 11 is 0. The van der Waals surface area contributed by atoms with Gasteiger partial charge in [0.25, 0.3) is 0 Å². The van der Waals surface area contributed by atoms with E-state index in [1.165, 1.54) is 24.0 Å². The van der Waals surface area contributed by atoms with Crippen LogP contribution in [0.4, 0.5) is 5.69 Å². The quantitative estimate of drug-likeness (QED) is 0.731. The van der Waals surface area contributed by atoms with Crippen LogP contribution < -0.4 is 10.6 Å². The van der Waals surface area contributed by atoms with Crippen LogP contribution in [0.25, 0.3) is 0 Å². The van der Waals surface area contributed by atoms with E-state index in [1.54, 1.807) is 11.9 Å². The first kappa shape index (κ1) is 22.0. The van der Waals surface area contributed by atoms with E-state index >= 15 is 0 Å². The van der Waals surface area contributed by atoms with Crippen molar-refractivity contribution >= 4 is 17.5 Å². The number of hydrogen-bond donors (Lipinski definition) is 2. The summed E-state index contributed by atoms with van der Waals surface area (Å²) in [4.78, 5) is 26.6. The molecule has 1 unspecified atom stereocenters. The molecule has 0 heterocycles. The van der Waals surface area contributed by atoms with Crippen molar-refractivity contribution in [2.45, 2.75) is 52.5 Å². The highest BCUT2D eigenvalue weighted by molar-refractivity contribution is 5.94. The lowest BCUT2D eigenvalue weighted by molar-refractivity contribution is -0.123. The number of para-hydroxylation sites is 1. The molecule has 1 atom stereocenters. The smallest absolute Gasteiger partial charge is 0.238 e. The topological polar surface area (TPSA) is 61.4 Å². The van der Waals surface area contributed by atoms with E-state index in [0.29, 0.717) is 0 Å². The van der Waals surface area contributed by atoms with Crippen molar-refractivity contribution in [3.8, 4) is 0 Å². The molecule has 0 aliphatic heterocycles. The van der Waals surface area contributed by atoms with Gasteiger partial charge in [-0.2, -0.15) is 0 Å². The predicted molar refractivity (Wildman–Crippen MR) is 122 cm³/mol. The van der Waals surface area contributed by atoms with Crippen molar-refractivity contribution in [3.63, 3.8) is 0 Å². The molecular weight excluding hydrogens is 374 g/mol. The van der Waals surface area contributed by atoms with Gasteiger partial charge >= 0.3 is 0 Å². The van der Waals surface area contributed by atoms with E-state index in [-0.39, 0.29) is 30.9 Å². The second kappa shape index (κ2) is 9.90. The van der Waals surface area contributed by atoms with Gasteiger partial charge in [0, 0.05) is 5.69 Å². The number of rotatable bonds is 7. The molecule has 0 bridgehead atoms. The minimum absolute atomic E-state index is 0.0541. The van der Waals surface area contributed by atoms with Gasteiger partial charge in [-0.1, -0.05) is 36.4 Å². The predicted octanol–water partition coefficient (Wildman–Crippen LogP) is 3.93. The first-order valence-electron chi connectivity index (χ1n) is 10.8. The lowest BCUT2D eigenvalue weighted by Gasteiger charge is -2.21.